The molecule has 0 radical (unpaired) electrons. The Hall–Kier alpha value is -1.42. The molecule has 18 heavy (non-hydrogen) atoms. The number of amides is 1. The molecule has 0 bridgehead atoms. The van der Waals surface area contributed by atoms with Crippen LogP contribution < -0.4 is 10.6 Å². The molecule has 0 aliphatic carbocycles. The van der Waals surface area contributed by atoms with Crippen molar-refractivity contribution in [1.82, 2.24) is 5.32 Å². The lowest BCUT2D eigenvalue weighted by Gasteiger charge is -2.09. The van der Waals surface area contributed by atoms with Gasteiger partial charge in [-0.25, -0.2) is 4.39 Å². The Bertz CT molecular complexity index is 408. The number of nitrogens with one attached hydrogen (secondary N) is 2. The van der Waals surface area contributed by atoms with Crippen LogP contribution in [0.2, 0.25) is 0 Å². The maximum absolute atomic E-state index is 13.2. The number of hydrogen-bond acceptors (Lipinski definition) is 2. The molecule has 1 heterocycles. The van der Waals surface area contributed by atoms with E-state index in [-0.39, 0.29) is 11.7 Å². The zero-order valence-corrected chi connectivity index (χ0v) is 10.6. The fourth-order valence-electron chi connectivity index (χ4n) is 2.33. The predicted molar refractivity (Wildman–Crippen MR) is 70.0 cm³/mol. The number of benzene rings is 1. The lowest BCUT2D eigenvalue weighted by Crippen LogP contribution is -2.15. The van der Waals surface area contributed by atoms with Crippen LogP contribution in [0.1, 0.15) is 24.8 Å². The predicted octanol–water partition coefficient (Wildman–Crippen LogP) is 2.46. The summed E-state index contributed by atoms with van der Waals surface area (Å²) in [6.07, 6.45) is 2.54. The van der Waals surface area contributed by atoms with Crippen molar-refractivity contribution in [2.45, 2.75) is 26.2 Å². The number of anilines is 1. The maximum Gasteiger partial charge on any atom is 0.224 e. The molecule has 1 saturated heterocycles. The van der Waals surface area contributed by atoms with Gasteiger partial charge in [0.05, 0.1) is 0 Å². The minimum absolute atomic E-state index is 0.0353. The largest absolute Gasteiger partial charge is 0.326 e. The molecule has 1 aromatic carbocycles. The van der Waals surface area contributed by atoms with Crippen molar-refractivity contribution >= 4 is 11.6 Å². The molecule has 1 amide bonds. The summed E-state index contributed by atoms with van der Waals surface area (Å²) in [7, 11) is 0. The third-order valence-electron chi connectivity index (χ3n) is 3.27. The summed E-state index contributed by atoms with van der Waals surface area (Å²) in [6, 6.07) is 4.57. The standard InChI is InChI=1S/C14H19FN2O/c1-10-6-12(15)8-13(7-10)17-14(18)3-2-11-4-5-16-9-11/h6-8,11,16H,2-5,9H2,1H3,(H,17,18). The Morgan fingerprint density at radius 3 is 3.00 bits per heavy atom. The lowest BCUT2D eigenvalue weighted by atomic mass is 10.0. The van der Waals surface area contributed by atoms with Gasteiger partial charge in [-0.05, 0) is 62.5 Å². The monoisotopic (exact) mass is 250 g/mol. The summed E-state index contributed by atoms with van der Waals surface area (Å²) in [5, 5.41) is 6.03. The van der Waals surface area contributed by atoms with Crippen LogP contribution in [0.15, 0.2) is 18.2 Å². The normalized spacial score (nSPS) is 18.9. The van der Waals surface area contributed by atoms with Crippen LogP contribution in [-0.4, -0.2) is 19.0 Å². The Labute approximate surface area is 107 Å². The van der Waals surface area contributed by atoms with Crippen LogP contribution in [-0.2, 0) is 4.79 Å². The highest BCUT2D eigenvalue weighted by Crippen LogP contribution is 2.16. The van der Waals surface area contributed by atoms with E-state index in [1.165, 1.54) is 12.1 Å². The van der Waals surface area contributed by atoms with E-state index in [1.54, 1.807) is 6.07 Å². The van der Waals surface area contributed by atoms with E-state index in [0.717, 1.165) is 31.5 Å². The van der Waals surface area contributed by atoms with Gasteiger partial charge in [0.25, 0.3) is 0 Å². The Morgan fingerprint density at radius 2 is 2.33 bits per heavy atom. The van der Waals surface area contributed by atoms with Gasteiger partial charge in [0, 0.05) is 12.1 Å². The number of carbonyl (C=O) groups excluding carboxylic acids is 1. The zero-order chi connectivity index (χ0) is 13.0. The summed E-state index contributed by atoms with van der Waals surface area (Å²) in [4.78, 5) is 11.7. The van der Waals surface area contributed by atoms with Gasteiger partial charge in [0.1, 0.15) is 5.82 Å². The number of carbonyl (C=O) groups is 1. The van der Waals surface area contributed by atoms with Gasteiger partial charge in [0.15, 0.2) is 0 Å². The zero-order valence-electron chi connectivity index (χ0n) is 10.6. The number of rotatable bonds is 4. The SMILES string of the molecule is Cc1cc(F)cc(NC(=O)CCC2CCNC2)c1. The fraction of sp³-hybridized carbons (Fsp3) is 0.500. The van der Waals surface area contributed by atoms with Crippen LogP contribution in [0.5, 0.6) is 0 Å². The summed E-state index contributed by atoms with van der Waals surface area (Å²) >= 11 is 0. The second-order valence-electron chi connectivity index (χ2n) is 4.96. The second kappa shape index (κ2) is 5.96. The molecule has 0 spiro atoms. The average molecular weight is 250 g/mol. The van der Waals surface area contributed by atoms with Crippen molar-refractivity contribution in [1.29, 1.82) is 0 Å². The van der Waals surface area contributed by atoms with Gasteiger partial charge in [-0.15, -0.1) is 0 Å². The van der Waals surface area contributed by atoms with Gasteiger partial charge in [-0.2, -0.15) is 0 Å². The van der Waals surface area contributed by atoms with Crippen molar-refractivity contribution in [3.8, 4) is 0 Å². The Kier molecular flexibility index (Phi) is 4.31. The summed E-state index contributed by atoms with van der Waals surface area (Å²) in [5.74, 6) is 0.252. The Morgan fingerprint density at radius 1 is 1.50 bits per heavy atom. The molecule has 1 aliphatic heterocycles. The van der Waals surface area contributed by atoms with E-state index >= 15 is 0 Å². The highest BCUT2D eigenvalue weighted by molar-refractivity contribution is 5.90. The first-order valence-electron chi connectivity index (χ1n) is 6.41. The molecule has 3 nitrogen and oxygen atoms in total. The molecule has 1 aliphatic rings. The van der Waals surface area contributed by atoms with Gasteiger partial charge < -0.3 is 10.6 Å². The van der Waals surface area contributed by atoms with Gasteiger partial charge in [-0.1, -0.05) is 0 Å². The van der Waals surface area contributed by atoms with Crippen molar-refractivity contribution < 1.29 is 9.18 Å². The van der Waals surface area contributed by atoms with Crippen LogP contribution in [0.25, 0.3) is 0 Å². The molecule has 0 aromatic heterocycles. The van der Waals surface area contributed by atoms with Crippen LogP contribution in [0, 0.1) is 18.7 Å². The molecule has 2 rings (SSSR count). The maximum atomic E-state index is 13.2. The molecular weight excluding hydrogens is 231 g/mol. The van der Waals surface area contributed by atoms with E-state index in [4.69, 9.17) is 0 Å². The molecule has 4 heteroatoms. The molecule has 0 saturated carbocycles. The average Bonchev–Trinajstić information content (AvgIpc) is 2.77. The quantitative estimate of drug-likeness (QED) is 0.862. The van der Waals surface area contributed by atoms with Gasteiger partial charge in [0.2, 0.25) is 5.91 Å². The highest BCUT2D eigenvalue weighted by atomic mass is 19.1. The second-order valence-corrected chi connectivity index (χ2v) is 4.96. The third-order valence-corrected chi connectivity index (χ3v) is 3.27. The smallest absolute Gasteiger partial charge is 0.224 e. The summed E-state index contributed by atoms with van der Waals surface area (Å²) in [5.41, 5.74) is 1.35. The summed E-state index contributed by atoms with van der Waals surface area (Å²) < 4.78 is 13.2. The molecule has 2 N–H and O–H groups in total. The minimum Gasteiger partial charge on any atom is -0.326 e. The van der Waals surface area contributed by atoms with Crippen molar-refractivity contribution in [3.05, 3.63) is 29.6 Å². The molecule has 1 atom stereocenters. The van der Waals surface area contributed by atoms with E-state index in [1.807, 2.05) is 6.92 Å². The van der Waals surface area contributed by atoms with E-state index in [2.05, 4.69) is 10.6 Å². The van der Waals surface area contributed by atoms with Gasteiger partial charge in [-0.3, -0.25) is 4.79 Å². The first-order valence-corrected chi connectivity index (χ1v) is 6.41. The first kappa shape index (κ1) is 13.0. The first-order chi connectivity index (χ1) is 8.63. The summed E-state index contributed by atoms with van der Waals surface area (Å²) in [6.45, 7) is 3.87. The molecular formula is C14H19FN2O. The fourth-order valence-corrected chi connectivity index (χ4v) is 2.33. The third kappa shape index (κ3) is 3.81. The number of halogens is 1. The van der Waals surface area contributed by atoms with Crippen molar-refractivity contribution in [2.75, 3.05) is 18.4 Å². The molecule has 1 aromatic rings. The number of hydrogen-bond donors (Lipinski definition) is 2. The topological polar surface area (TPSA) is 41.1 Å². The van der Waals surface area contributed by atoms with Crippen LogP contribution in [0.4, 0.5) is 10.1 Å². The number of aryl methyl sites for hydroxylation is 1. The van der Waals surface area contributed by atoms with Crippen LogP contribution >= 0.6 is 0 Å². The highest BCUT2D eigenvalue weighted by Gasteiger charge is 2.15. The van der Waals surface area contributed by atoms with Crippen LogP contribution in [0.3, 0.4) is 0 Å². The van der Waals surface area contributed by atoms with E-state index in [0.29, 0.717) is 18.0 Å². The lowest BCUT2D eigenvalue weighted by molar-refractivity contribution is -0.116. The molecule has 1 fully saturated rings. The molecule has 1 unspecified atom stereocenters. The van der Waals surface area contributed by atoms with E-state index < -0.39 is 0 Å². The molecule has 98 valence electrons. The van der Waals surface area contributed by atoms with E-state index in [9.17, 15) is 9.18 Å². The van der Waals surface area contributed by atoms with Crippen molar-refractivity contribution in [3.63, 3.8) is 0 Å². The van der Waals surface area contributed by atoms with Crippen molar-refractivity contribution in [2.24, 2.45) is 5.92 Å². The Balaban J connectivity index is 1.82. The minimum atomic E-state index is -0.315. The van der Waals surface area contributed by atoms with Gasteiger partial charge >= 0.3 is 0 Å².